The number of aromatic hydroxyl groups is 1. The molecule has 3 rings (SSSR count). The number of methoxy groups -OCH3 is 1. The molecule has 0 aromatic heterocycles. The van der Waals surface area contributed by atoms with Gasteiger partial charge in [0.15, 0.2) is 5.75 Å². The number of amides is 1. The number of nitrogens with zero attached hydrogens (tertiary/aromatic N) is 1. The molecule has 0 aliphatic carbocycles. The van der Waals surface area contributed by atoms with Crippen LogP contribution < -0.4 is 9.64 Å². The number of halogens is 2. The zero-order chi connectivity index (χ0) is 18.1. The molecule has 2 aromatic carbocycles. The van der Waals surface area contributed by atoms with E-state index >= 15 is 0 Å². The molecule has 0 atom stereocenters. The molecule has 1 aliphatic rings. The molecule has 0 saturated carbocycles. The average molecular weight is 382 g/mol. The van der Waals surface area contributed by atoms with Crippen LogP contribution in [0.15, 0.2) is 30.3 Å². The predicted molar refractivity (Wildman–Crippen MR) is 93.1 cm³/mol. The molecule has 1 amide bonds. The van der Waals surface area contributed by atoms with Crippen molar-refractivity contribution >= 4 is 40.8 Å². The molecule has 0 fully saturated rings. The van der Waals surface area contributed by atoms with E-state index < -0.39 is 5.97 Å². The van der Waals surface area contributed by atoms with Gasteiger partial charge in [-0.3, -0.25) is 4.79 Å². The summed E-state index contributed by atoms with van der Waals surface area (Å²) in [6, 6.07) is 7.39. The maximum atomic E-state index is 12.8. The normalized spacial score (nSPS) is 13.0. The number of rotatable bonds is 2. The number of carbonyl (C=O) groups excluding carboxylic acids is 2. The van der Waals surface area contributed by atoms with Crippen LogP contribution in [0.2, 0.25) is 10.0 Å². The summed E-state index contributed by atoms with van der Waals surface area (Å²) in [5, 5.41) is 9.62. The van der Waals surface area contributed by atoms with Gasteiger partial charge in [-0.2, -0.15) is 0 Å². The molecule has 8 heteroatoms. The van der Waals surface area contributed by atoms with Gasteiger partial charge < -0.3 is 19.5 Å². The van der Waals surface area contributed by atoms with Crippen LogP contribution in [-0.2, 0) is 4.74 Å². The van der Waals surface area contributed by atoms with Crippen molar-refractivity contribution in [2.75, 3.05) is 25.2 Å². The molecule has 1 N–H and O–H groups in total. The van der Waals surface area contributed by atoms with Gasteiger partial charge in [-0.25, -0.2) is 4.79 Å². The maximum Gasteiger partial charge on any atom is 0.337 e. The fourth-order valence-electron chi connectivity index (χ4n) is 2.52. The van der Waals surface area contributed by atoms with E-state index in [0.717, 1.165) is 0 Å². The van der Waals surface area contributed by atoms with E-state index in [-0.39, 0.29) is 33.9 Å². The van der Waals surface area contributed by atoms with Gasteiger partial charge in [0.1, 0.15) is 12.4 Å². The summed E-state index contributed by atoms with van der Waals surface area (Å²) in [4.78, 5) is 26.0. The predicted octanol–water partition coefficient (Wildman–Crippen LogP) is 3.52. The molecule has 0 saturated heterocycles. The van der Waals surface area contributed by atoms with Gasteiger partial charge in [-0.05, 0) is 30.3 Å². The topological polar surface area (TPSA) is 76.1 Å². The minimum Gasteiger partial charge on any atom is -0.505 e. The van der Waals surface area contributed by atoms with Crippen LogP contribution in [0.1, 0.15) is 20.7 Å². The number of esters is 1. The molecule has 0 radical (unpaired) electrons. The fourth-order valence-corrected chi connectivity index (χ4v) is 3.01. The summed E-state index contributed by atoms with van der Waals surface area (Å²) in [5.74, 6) is -0.713. The molecular formula is C17H13Cl2NO5. The smallest absolute Gasteiger partial charge is 0.337 e. The van der Waals surface area contributed by atoms with E-state index in [1.54, 1.807) is 12.1 Å². The van der Waals surface area contributed by atoms with Crippen LogP contribution in [0.25, 0.3) is 0 Å². The average Bonchev–Trinajstić information content (AvgIpc) is 2.63. The lowest BCUT2D eigenvalue weighted by Gasteiger charge is -2.30. The number of benzene rings is 2. The lowest BCUT2D eigenvalue weighted by atomic mass is 10.1. The van der Waals surface area contributed by atoms with E-state index in [0.29, 0.717) is 23.5 Å². The molecule has 2 aromatic rings. The summed E-state index contributed by atoms with van der Waals surface area (Å²) < 4.78 is 10.2. The standard InChI is InChI=1S/C17H13Cl2NO5/c1-24-17(23)9-2-3-13-14(8-9)25-5-4-20(13)16(22)10-6-11(18)15(21)12(19)7-10/h2-3,6-8,21H,4-5H2,1H3. The second kappa shape index (κ2) is 6.82. The summed E-state index contributed by atoms with van der Waals surface area (Å²) in [6.07, 6.45) is 0. The van der Waals surface area contributed by atoms with Gasteiger partial charge in [0.2, 0.25) is 0 Å². The monoisotopic (exact) mass is 381 g/mol. The number of hydrogen-bond acceptors (Lipinski definition) is 5. The van der Waals surface area contributed by atoms with Gasteiger partial charge in [0.25, 0.3) is 5.91 Å². The molecule has 0 spiro atoms. The highest BCUT2D eigenvalue weighted by atomic mass is 35.5. The summed E-state index contributed by atoms with van der Waals surface area (Å²) in [7, 11) is 1.29. The Morgan fingerprint density at radius 2 is 1.84 bits per heavy atom. The Hall–Kier alpha value is -2.44. The van der Waals surface area contributed by atoms with E-state index in [9.17, 15) is 14.7 Å². The van der Waals surface area contributed by atoms with E-state index in [2.05, 4.69) is 4.74 Å². The van der Waals surface area contributed by atoms with Crippen molar-refractivity contribution < 1.29 is 24.2 Å². The van der Waals surface area contributed by atoms with Crippen LogP contribution >= 0.6 is 23.2 Å². The van der Waals surface area contributed by atoms with Crippen LogP contribution in [0.3, 0.4) is 0 Å². The minimum atomic E-state index is -0.494. The van der Waals surface area contributed by atoms with Gasteiger partial charge in [-0.1, -0.05) is 23.2 Å². The second-order valence-electron chi connectivity index (χ2n) is 5.27. The fraction of sp³-hybridized carbons (Fsp3) is 0.176. The third-order valence-electron chi connectivity index (χ3n) is 3.75. The molecule has 0 bridgehead atoms. The third-order valence-corrected chi connectivity index (χ3v) is 4.33. The van der Waals surface area contributed by atoms with E-state index in [1.165, 1.54) is 30.2 Å². The maximum absolute atomic E-state index is 12.8. The summed E-state index contributed by atoms with van der Waals surface area (Å²) >= 11 is 11.8. The first-order valence-electron chi connectivity index (χ1n) is 7.27. The number of anilines is 1. The first-order valence-corrected chi connectivity index (χ1v) is 8.03. The highest BCUT2D eigenvalue weighted by Gasteiger charge is 2.26. The lowest BCUT2D eigenvalue weighted by molar-refractivity contribution is 0.0600. The van der Waals surface area contributed by atoms with Crippen molar-refractivity contribution in [3.8, 4) is 11.5 Å². The molecule has 130 valence electrons. The minimum absolute atomic E-state index is 0.00891. The highest BCUT2D eigenvalue weighted by molar-refractivity contribution is 6.37. The van der Waals surface area contributed by atoms with Crippen molar-refractivity contribution in [1.82, 2.24) is 0 Å². The zero-order valence-electron chi connectivity index (χ0n) is 13.1. The van der Waals surface area contributed by atoms with Crippen LogP contribution in [0.5, 0.6) is 11.5 Å². The van der Waals surface area contributed by atoms with Crippen molar-refractivity contribution in [2.45, 2.75) is 0 Å². The Bertz CT molecular complexity index is 845. The number of phenols is 1. The van der Waals surface area contributed by atoms with Crippen molar-refractivity contribution in [3.63, 3.8) is 0 Å². The number of fused-ring (bicyclic) bond motifs is 1. The molecular weight excluding hydrogens is 369 g/mol. The molecule has 0 unspecified atom stereocenters. The van der Waals surface area contributed by atoms with E-state index in [1.807, 2.05) is 0 Å². The third kappa shape index (κ3) is 3.23. The first-order chi connectivity index (χ1) is 11.9. The second-order valence-corrected chi connectivity index (χ2v) is 6.08. The first kappa shape index (κ1) is 17.4. The SMILES string of the molecule is COC(=O)c1ccc2c(c1)OCCN2C(=O)c1cc(Cl)c(O)c(Cl)c1. The van der Waals surface area contributed by atoms with Crippen molar-refractivity contribution in [1.29, 1.82) is 0 Å². The van der Waals surface area contributed by atoms with E-state index in [4.69, 9.17) is 27.9 Å². The Morgan fingerprint density at radius 1 is 1.16 bits per heavy atom. The van der Waals surface area contributed by atoms with Gasteiger partial charge in [0, 0.05) is 5.56 Å². The van der Waals surface area contributed by atoms with Crippen molar-refractivity contribution in [3.05, 3.63) is 51.5 Å². The molecule has 1 aliphatic heterocycles. The Morgan fingerprint density at radius 3 is 2.48 bits per heavy atom. The van der Waals surface area contributed by atoms with Crippen LogP contribution in [0, 0.1) is 0 Å². The largest absolute Gasteiger partial charge is 0.505 e. The highest BCUT2D eigenvalue weighted by Crippen LogP contribution is 2.36. The Balaban J connectivity index is 1.98. The molecule has 1 heterocycles. The van der Waals surface area contributed by atoms with Gasteiger partial charge in [0.05, 0.1) is 35.0 Å². The Labute approximate surface area is 153 Å². The number of ether oxygens (including phenoxy) is 2. The summed E-state index contributed by atoms with van der Waals surface area (Å²) in [6.45, 7) is 0.586. The number of carbonyl (C=O) groups is 2. The van der Waals surface area contributed by atoms with Crippen LogP contribution in [0.4, 0.5) is 5.69 Å². The number of hydrogen-bond donors (Lipinski definition) is 1. The number of phenolic OH excluding ortho intramolecular Hbond substituents is 1. The lowest BCUT2D eigenvalue weighted by Crippen LogP contribution is -2.38. The van der Waals surface area contributed by atoms with Gasteiger partial charge in [-0.15, -0.1) is 0 Å². The molecule has 25 heavy (non-hydrogen) atoms. The molecule has 6 nitrogen and oxygen atoms in total. The quantitative estimate of drug-likeness (QED) is 0.805. The van der Waals surface area contributed by atoms with Crippen LogP contribution in [-0.4, -0.2) is 37.2 Å². The summed E-state index contributed by atoms with van der Waals surface area (Å²) in [5.41, 5.74) is 1.08. The van der Waals surface area contributed by atoms with Gasteiger partial charge >= 0.3 is 5.97 Å². The van der Waals surface area contributed by atoms with Crippen molar-refractivity contribution in [2.24, 2.45) is 0 Å². The zero-order valence-corrected chi connectivity index (χ0v) is 14.6. The Kier molecular flexibility index (Phi) is 4.74.